The average molecular weight is 754 g/mol. The average Bonchev–Trinajstić information content (AvgIpc) is 3.18. The summed E-state index contributed by atoms with van der Waals surface area (Å²) in [4.78, 5) is 12.4. The Morgan fingerprint density at radius 3 is 1.22 bits per heavy atom. The minimum Gasteiger partial charge on any atom is -0.394 e. The summed E-state index contributed by atoms with van der Waals surface area (Å²) in [5.41, 5.74) is 0. The van der Waals surface area contributed by atoms with E-state index in [1.165, 1.54) is 161 Å². The predicted molar refractivity (Wildman–Crippen MR) is 239 cm³/mol. The van der Waals surface area contributed by atoms with Crippen molar-refractivity contribution in [2.75, 3.05) is 6.61 Å². The highest BCUT2D eigenvalue weighted by atomic mass is 16.3. The fourth-order valence-electron chi connectivity index (χ4n) is 6.83. The van der Waals surface area contributed by atoms with E-state index < -0.39 is 12.1 Å². The second-order valence-corrected chi connectivity index (χ2v) is 15.8. The van der Waals surface area contributed by atoms with Crippen molar-refractivity contribution >= 4 is 5.91 Å². The summed E-state index contributed by atoms with van der Waals surface area (Å²) in [5, 5.41) is 23.0. The Bertz CT molecular complexity index is 904. The standard InChI is InChI=1S/C50H91NO3/c1-3-5-7-9-11-13-15-17-19-21-22-23-24-25-26-27-28-30-31-33-35-37-39-41-43-45-49(53)48(47-52)51-50(54)46-44-42-40-38-36-34-32-29-20-18-16-14-12-10-8-6-4-2/h12,14,18,20,28,30,35,37,43,45,48-49,52-53H,3-11,13,15-17,19,21-27,29,31-34,36,38-42,44,46-47H2,1-2H3,(H,51,54)/b14-12-,20-18-,30-28+,37-35+,45-43+. The molecule has 0 aromatic carbocycles. The van der Waals surface area contributed by atoms with Crippen LogP contribution >= 0.6 is 0 Å². The van der Waals surface area contributed by atoms with Crippen molar-refractivity contribution in [3.05, 3.63) is 60.8 Å². The Morgan fingerprint density at radius 1 is 0.444 bits per heavy atom. The van der Waals surface area contributed by atoms with Gasteiger partial charge in [-0.25, -0.2) is 0 Å². The molecule has 0 heterocycles. The minimum atomic E-state index is -0.875. The molecule has 0 fully saturated rings. The zero-order valence-corrected chi connectivity index (χ0v) is 36.0. The minimum absolute atomic E-state index is 0.0871. The van der Waals surface area contributed by atoms with Crippen molar-refractivity contribution in [1.29, 1.82) is 0 Å². The first-order valence-electron chi connectivity index (χ1n) is 23.5. The van der Waals surface area contributed by atoms with Gasteiger partial charge in [0.15, 0.2) is 0 Å². The van der Waals surface area contributed by atoms with Gasteiger partial charge in [-0.05, 0) is 77.0 Å². The Kier molecular flexibility index (Phi) is 43.9. The van der Waals surface area contributed by atoms with Crippen LogP contribution < -0.4 is 5.32 Å². The maximum absolute atomic E-state index is 12.4. The molecule has 0 aliphatic rings. The van der Waals surface area contributed by atoms with Crippen LogP contribution in [-0.2, 0) is 4.79 Å². The van der Waals surface area contributed by atoms with Gasteiger partial charge in [-0.3, -0.25) is 4.79 Å². The Labute approximate surface area is 336 Å². The molecule has 314 valence electrons. The molecule has 0 bridgehead atoms. The lowest BCUT2D eigenvalue weighted by molar-refractivity contribution is -0.123. The summed E-state index contributed by atoms with van der Waals surface area (Å²) in [6.45, 7) is 4.27. The molecule has 0 saturated heterocycles. The molecular formula is C50H91NO3. The number of allylic oxidation sites excluding steroid dienone is 9. The SMILES string of the molecule is CCCCC/C=C\C/C=C\CCCCCCCCCC(=O)NC(CO)C(O)/C=C/CC/C=C/CC/C=C/CCCCCCCCCCCCCCCCC. The van der Waals surface area contributed by atoms with Gasteiger partial charge in [-0.15, -0.1) is 0 Å². The zero-order chi connectivity index (χ0) is 39.3. The van der Waals surface area contributed by atoms with E-state index in [4.69, 9.17) is 0 Å². The van der Waals surface area contributed by atoms with E-state index in [9.17, 15) is 15.0 Å². The molecule has 54 heavy (non-hydrogen) atoms. The third-order valence-corrected chi connectivity index (χ3v) is 10.5. The van der Waals surface area contributed by atoms with E-state index in [1.807, 2.05) is 6.08 Å². The molecule has 0 spiro atoms. The van der Waals surface area contributed by atoms with Gasteiger partial charge in [-0.2, -0.15) is 0 Å². The fourth-order valence-corrected chi connectivity index (χ4v) is 6.83. The van der Waals surface area contributed by atoms with Gasteiger partial charge in [0.2, 0.25) is 5.91 Å². The third kappa shape index (κ3) is 41.3. The lowest BCUT2D eigenvalue weighted by atomic mass is 10.0. The molecule has 2 unspecified atom stereocenters. The number of carbonyl (C=O) groups is 1. The van der Waals surface area contributed by atoms with Crippen molar-refractivity contribution < 1.29 is 15.0 Å². The quantitative estimate of drug-likeness (QED) is 0.0429. The molecule has 0 radical (unpaired) electrons. The van der Waals surface area contributed by atoms with E-state index in [0.717, 1.165) is 51.4 Å². The van der Waals surface area contributed by atoms with Crippen molar-refractivity contribution in [3.8, 4) is 0 Å². The number of amides is 1. The van der Waals surface area contributed by atoms with Crippen molar-refractivity contribution in [2.24, 2.45) is 0 Å². The van der Waals surface area contributed by atoms with Gasteiger partial charge >= 0.3 is 0 Å². The summed E-state index contributed by atoms with van der Waals surface area (Å²) >= 11 is 0. The van der Waals surface area contributed by atoms with Crippen LogP contribution in [0.4, 0.5) is 0 Å². The van der Waals surface area contributed by atoms with E-state index in [-0.39, 0.29) is 12.5 Å². The summed E-state index contributed by atoms with van der Waals surface area (Å²) < 4.78 is 0. The monoisotopic (exact) mass is 754 g/mol. The van der Waals surface area contributed by atoms with Crippen molar-refractivity contribution in [2.45, 2.75) is 244 Å². The smallest absolute Gasteiger partial charge is 0.220 e. The molecule has 0 aliphatic heterocycles. The number of hydrogen-bond acceptors (Lipinski definition) is 3. The number of rotatable bonds is 42. The van der Waals surface area contributed by atoms with Gasteiger partial charge < -0.3 is 15.5 Å². The second kappa shape index (κ2) is 45.5. The van der Waals surface area contributed by atoms with Crippen molar-refractivity contribution in [1.82, 2.24) is 5.32 Å². The topological polar surface area (TPSA) is 69.6 Å². The van der Waals surface area contributed by atoms with Gasteiger partial charge in [0.1, 0.15) is 0 Å². The third-order valence-electron chi connectivity index (χ3n) is 10.5. The highest BCUT2D eigenvalue weighted by Gasteiger charge is 2.17. The van der Waals surface area contributed by atoms with Gasteiger partial charge in [0.05, 0.1) is 18.8 Å². The van der Waals surface area contributed by atoms with Crippen LogP contribution in [0.1, 0.15) is 232 Å². The Morgan fingerprint density at radius 2 is 0.778 bits per heavy atom. The van der Waals surface area contributed by atoms with Gasteiger partial charge in [0.25, 0.3) is 0 Å². The first-order chi connectivity index (χ1) is 26.7. The number of aliphatic hydroxyl groups excluding tert-OH is 2. The molecule has 0 rings (SSSR count). The second-order valence-electron chi connectivity index (χ2n) is 15.8. The highest BCUT2D eigenvalue weighted by Crippen LogP contribution is 2.14. The molecule has 0 aromatic heterocycles. The molecule has 2 atom stereocenters. The fraction of sp³-hybridized carbons (Fsp3) is 0.780. The molecule has 4 nitrogen and oxygen atoms in total. The normalized spacial score (nSPS) is 13.5. The molecular weight excluding hydrogens is 663 g/mol. The van der Waals surface area contributed by atoms with E-state index in [2.05, 4.69) is 67.8 Å². The first kappa shape index (κ1) is 52.1. The Balaban J connectivity index is 3.64. The maximum Gasteiger partial charge on any atom is 0.220 e. The number of hydrogen-bond donors (Lipinski definition) is 3. The zero-order valence-electron chi connectivity index (χ0n) is 36.0. The Hall–Kier alpha value is -1.91. The summed E-state index contributed by atoms with van der Waals surface area (Å²) in [6, 6.07) is -0.652. The maximum atomic E-state index is 12.4. The molecule has 0 saturated carbocycles. The number of aliphatic hydroxyl groups is 2. The van der Waals surface area contributed by atoms with Crippen LogP contribution in [0.15, 0.2) is 60.8 Å². The van der Waals surface area contributed by atoms with Gasteiger partial charge in [-0.1, -0.05) is 209 Å². The summed E-state index contributed by atoms with van der Waals surface area (Å²) in [7, 11) is 0. The lowest BCUT2D eigenvalue weighted by Crippen LogP contribution is -2.45. The van der Waals surface area contributed by atoms with Crippen LogP contribution in [0.25, 0.3) is 0 Å². The van der Waals surface area contributed by atoms with E-state index in [0.29, 0.717) is 6.42 Å². The van der Waals surface area contributed by atoms with Crippen LogP contribution in [0.5, 0.6) is 0 Å². The molecule has 1 amide bonds. The number of carbonyl (C=O) groups excluding carboxylic acids is 1. The first-order valence-corrected chi connectivity index (χ1v) is 23.5. The molecule has 4 heteroatoms. The predicted octanol–water partition coefficient (Wildman–Crippen LogP) is 14.9. The van der Waals surface area contributed by atoms with Crippen molar-refractivity contribution in [3.63, 3.8) is 0 Å². The van der Waals surface area contributed by atoms with E-state index in [1.54, 1.807) is 6.08 Å². The van der Waals surface area contributed by atoms with Crippen LogP contribution in [-0.4, -0.2) is 34.9 Å². The molecule has 0 aliphatic carbocycles. The number of nitrogens with one attached hydrogen (secondary N) is 1. The molecule has 0 aromatic rings. The molecule has 3 N–H and O–H groups in total. The van der Waals surface area contributed by atoms with Crippen LogP contribution in [0.3, 0.4) is 0 Å². The summed E-state index contributed by atoms with van der Waals surface area (Å²) in [6.07, 6.45) is 63.4. The highest BCUT2D eigenvalue weighted by molar-refractivity contribution is 5.76. The van der Waals surface area contributed by atoms with E-state index >= 15 is 0 Å². The van der Waals surface area contributed by atoms with Gasteiger partial charge in [0, 0.05) is 6.42 Å². The summed E-state index contributed by atoms with van der Waals surface area (Å²) in [5.74, 6) is -0.0871. The van der Waals surface area contributed by atoms with Crippen LogP contribution in [0, 0.1) is 0 Å². The lowest BCUT2D eigenvalue weighted by Gasteiger charge is -2.19. The van der Waals surface area contributed by atoms with Crippen LogP contribution in [0.2, 0.25) is 0 Å². The number of unbranched alkanes of at least 4 members (excludes halogenated alkanes) is 27. The largest absolute Gasteiger partial charge is 0.394 e.